The van der Waals surface area contributed by atoms with Gasteiger partial charge in [0, 0.05) is 0 Å². The van der Waals surface area contributed by atoms with Gasteiger partial charge in [0.25, 0.3) is 0 Å². The van der Waals surface area contributed by atoms with Crippen LogP contribution in [0.5, 0.6) is 0 Å². The number of aryl methyl sites for hydroxylation is 1. The van der Waals surface area contributed by atoms with E-state index in [9.17, 15) is 0 Å². The lowest BCUT2D eigenvalue weighted by Crippen LogP contribution is -1.93. The molecule has 1 N–H and O–H groups in total. The Bertz CT molecular complexity index is 253. The Balaban J connectivity index is 2.97. The first-order valence-electron chi connectivity index (χ1n) is 4.35. The Hall–Kier alpha value is -0.820. The summed E-state index contributed by atoms with van der Waals surface area (Å²) in [6.07, 6.45) is 2.24. The zero-order valence-corrected chi connectivity index (χ0v) is 7.67. The summed E-state index contributed by atoms with van der Waals surface area (Å²) < 4.78 is 0. The molecule has 0 saturated heterocycles. The molecule has 1 rings (SSSR count). The maximum Gasteiger partial charge on any atom is 0.109 e. The van der Waals surface area contributed by atoms with Crippen molar-refractivity contribution < 1.29 is 5.11 Å². The molecule has 0 aromatic heterocycles. The summed E-state index contributed by atoms with van der Waals surface area (Å²) in [5.74, 6) is 0. The smallest absolute Gasteiger partial charge is 0.109 e. The van der Waals surface area contributed by atoms with E-state index in [2.05, 4.69) is 13.0 Å². The van der Waals surface area contributed by atoms with Crippen LogP contribution in [0.3, 0.4) is 0 Å². The lowest BCUT2D eigenvalue weighted by Gasteiger charge is -2.07. The van der Waals surface area contributed by atoms with E-state index < -0.39 is 0 Å². The van der Waals surface area contributed by atoms with Gasteiger partial charge in [-0.25, -0.2) is 0 Å². The van der Waals surface area contributed by atoms with Gasteiger partial charge in [0.2, 0.25) is 0 Å². The molecule has 65 valence electrons. The van der Waals surface area contributed by atoms with Crippen LogP contribution in [0, 0.1) is 13.5 Å². The molecule has 0 unspecified atom stereocenters. The molecule has 0 aliphatic carbocycles. The molecule has 0 spiro atoms. The molecular formula is C11H15O. The van der Waals surface area contributed by atoms with Crippen LogP contribution in [-0.4, -0.2) is 5.11 Å². The Kier molecular flexibility index (Phi) is 3.30. The van der Waals surface area contributed by atoms with Gasteiger partial charge in [-0.1, -0.05) is 31.5 Å². The molecule has 0 atom stereocenters. The lowest BCUT2D eigenvalue weighted by atomic mass is 10.00. The SMILES string of the molecule is CCCc1cccc([CH]O)c1C. The summed E-state index contributed by atoms with van der Waals surface area (Å²) in [5.41, 5.74) is 3.46. The minimum atomic E-state index is 0.931. The molecule has 1 nitrogen and oxygen atoms in total. The molecule has 1 aromatic rings. The zero-order chi connectivity index (χ0) is 8.97. The van der Waals surface area contributed by atoms with Crippen LogP contribution in [0.2, 0.25) is 0 Å². The van der Waals surface area contributed by atoms with Gasteiger partial charge in [0.1, 0.15) is 6.61 Å². The van der Waals surface area contributed by atoms with E-state index in [0.29, 0.717) is 0 Å². The second-order valence-electron chi connectivity index (χ2n) is 3.01. The normalized spacial score (nSPS) is 10.2. The van der Waals surface area contributed by atoms with Crippen molar-refractivity contribution in [2.24, 2.45) is 0 Å². The van der Waals surface area contributed by atoms with E-state index in [1.54, 1.807) is 0 Å². The predicted octanol–water partition coefficient (Wildman–Crippen LogP) is 2.83. The highest BCUT2D eigenvalue weighted by Gasteiger charge is 2.01. The Labute approximate surface area is 74.1 Å². The second-order valence-corrected chi connectivity index (χ2v) is 3.01. The molecule has 0 amide bonds. The first kappa shape index (κ1) is 9.27. The molecule has 0 heterocycles. The average molecular weight is 163 g/mol. The van der Waals surface area contributed by atoms with Crippen molar-refractivity contribution in [3.05, 3.63) is 41.5 Å². The summed E-state index contributed by atoms with van der Waals surface area (Å²) in [7, 11) is 0. The topological polar surface area (TPSA) is 20.2 Å². The molecule has 1 radical (unpaired) electrons. The Morgan fingerprint density at radius 2 is 2.17 bits per heavy atom. The van der Waals surface area contributed by atoms with Gasteiger partial charge in [0.05, 0.1) is 0 Å². The summed E-state index contributed by atoms with van der Waals surface area (Å²) >= 11 is 0. The Morgan fingerprint density at radius 3 is 2.75 bits per heavy atom. The minimum Gasteiger partial charge on any atom is -0.385 e. The Morgan fingerprint density at radius 1 is 1.42 bits per heavy atom. The summed E-state index contributed by atoms with van der Waals surface area (Å²) in [5, 5.41) is 8.89. The number of aliphatic hydroxyl groups is 1. The predicted molar refractivity (Wildman–Crippen MR) is 50.5 cm³/mol. The van der Waals surface area contributed by atoms with Crippen molar-refractivity contribution in [2.75, 3.05) is 0 Å². The van der Waals surface area contributed by atoms with Crippen molar-refractivity contribution in [1.82, 2.24) is 0 Å². The molecule has 12 heavy (non-hydrogen) atoms. The van der Waals surface area contributed by atoms with Crippen molar-refractivity contribution in [3.63, 3.8) is 0 Å². The third-order valence-electron chi connectivity index (χ3n) is 2.15. The van der Waals surface area contributed by atoms with E-state index >= 15 is 0 Å². The van der Waals surface area contributed by atoms with Crippen LogP contribution < -0.4 is 0 Å². The molecular weight excluding hydrogens is 148 g/mol. The number of benzene rings is 1. The van der Waals surface area contributed by atoms with Crippen LogP contribution in [0.15, 0.2) is 18.2 Å². The van der Waals surface area contributed by atoms with Crippen LogP contribution in [-0.2, 0) is 6.42 Å². The summed E-state index contributed by atoms with van der Waals surface area (Å²) in [6.45, 7) is 5.39. The highest BCUT2D eigenvalue weighted by molar-refractivity contribution is 5.36. The highest BCUT2D eigenvalue weighted by atomic mass is 16.3. The number of hydrogen-bond acceptors (Lipinski definition) is 1. The first-order chi connectivity index (χ1) is 5.79. The van der Waals surface area contributed by atoms with E-state index in [-0.39, 0.29) is 0 Å². The second kappa shape index (κ2) is 4.27. The van der Waals surface area contributed by atoms with Crippen LogP contribution >= 0.6 is 0 Å². The van der Waals surface area contributed by atoms with Gasteiger partial charge in [0.15, 0.2) is 0 Å². The summed E-state index contributed by atoms with van der Waals surface area (Å²) in [4.78, 5) is 0. The monoisotopic (exact) mass is 163 g/mol. The maximum absolute atomic E-state index is 8.89. The van der Waals surface area contributed by atoms with Gasteiger partial charge in [-0.3, -0.25) is 0 Å². The third kappa shape index (κ3) is 1.86. The molecule has 0 saturated carbocycles. The number of aliphatic hydroxyl groups excluding tert-OH is 1. The fourth-order valence-electron chi connectivity index (χ4n) is 1.38. The van der Waals surface area contributed by atoms with Crippen LogP contribution in [0.1, 0.15) is 30.0 Å². The highest BCUT2D eigenvalue weighted by Crippen LogP contribution is 2.15. The fourth-order valence-corrected chi connectivity index (χ4v) is 1.38. The van der Waals surface area contributed by atoms with Gasteiger partial charge < -0.3 is 5.11 Å². The van der Waals surface area contributed by atoms with E-state index in [4.69, 9.17) is 5.11 Å². The first-order valence-corrected chi connectivity index (χ1v) is 4.35. The molecule has 0 aliphatic heterocycles. The van der Waals surface area contributed by atoms with Gasteiger partial charge in [-0.05, 0) is 30.0 Å². The molecule has 1 heteroatoms. The third-order valence-corrected chi connectivity index (χ3v) is 2.15. The van der Waals surface area contributed by atoms with Crippen LogP contribution in [0.4, 0.5) is 0 Å². The van der Waals surface area contributed by atoms with Crippen molar-refractivity contribution in [3.8, 4) is 0 Å². The summed E-state index contributed by atoms with van der Waals surface area (Å²) in [6, 6.07) is 6.03. The largest absolute Gasteiger partial charge is 0.385 e. The van der Waals surface area contributed by atoms with E-state index in [0.717, 1.165) is 18.4 Å². The standard InChI is InChI=1S/C11H15O/c1-3-5-10-6-4-7-11(8-12)9(10)2/h4,6-8,12H,3,5H2,1-2H3. The zero-order valence-electron chi connectivity index (χ0n) is 7.67. The lowest BCUT2D eigenvalue weighted by molar-refractivity contribution is 0.414. The van der Waals surface area contributed by atoms with Gasteiger partial charge in [-0.2, -0.15) is 0 Å². The van der Waals surface area contributed by atoms with E-state index in [1.807, 2.05) is 19.1 Å². The van der Waals surface area contributed by atoms with Crippen LogP contribution in [0.25, 0.3) is 0 Å². The van der Waals surface area contributed by atoms with Gasteiger partial charge in [-0.15, -0.1) is 0 Å². The van der Waals surface area contributed by atoms with Crippen molar-refractivity contribution >= 4 is 0 Å². The molecule has 0 bridgehead atoms. The quantitative estimate of drug-likeness (QED) is 0.726. The molecule has 0 fully saturated rings. The molecule has 1 aromatic carbocycles. The number of rotatable bonds is 3. The number of hydrogen-bond donors (Lipinski definition) is 1. The van der Waals surface area contributed by atoms with Crippen molar-refractivity contribution in [1.29, 1.82) is 0 Å². The average Bonchev–Trinajstić information content (AvgIpc) is 2.09. The maximum atomic E-state index is 8.89. The minimum absolute atomic E-state index is 0.931. The fraction of sp³-hybridized carbons (Fsp3) is 0.364. The van der Waals surface area contributed by atoms with E-state index in [1.165, 1.54) is 17.7 Å². The van der Waals surface area contributed by atoms with Gasteiger partial charge >= 0.3 is 0 Å². The molecule has 0 aliphatic rings. The van der Waals surface area contributed by atoms with Crippen molar-refractivity contribution in [2.45, 2.75) is 26.7 Å².